The predicted octanol–water partition coefficient (Wildman–Crippen LogP) is 2.19. The molecule has 114 valence electrons. The van der Waals surface area contributed by atoms with Gasteiger partial charge in [-0.2, -0.15) is 0 Å². The molecular weight excluding hydrogens is 252 g/mol. The molecule has 20 heavy (non-hydrogen) atoms. The average molecular weight is 280 g/mol. The van der Waals surface area contributed by atoms with Gasteiger partial charge in [0.25, 0.3) is 0 Å². The minimum atomic E-state index is -0.616. The van der Waals surface area contributed by atoms with Gasteiger partial charge >= 0.3 is 5.97 Å². The van der Waals surface area contributed by atoms with Crippen molar-refractivity contribution in [3.63, 3.8) is 0 Å². The number of hydrogen-bond acceptors (Lipinski definition) is 3. The highest BCUT2D eigenvalue weighted by Crippen LogP contribution is 2.32. The third-order valence-corrected chi connectivity index (χ3v) is 5.73. The molecule has 0 amide bonds. The Hall–Kier alpha value is -0.610. The van der Waals surface area contributed by atoms with Crippen LogP contribution in [0.2, 0.25) is 0 Å². The first-order chi connectivity index (χ1) is 9.65. The maximum Gasteiger partial charge on any atom is 0.320 e. The Bertz CT molecular complexity index is 352. The van der Waals surface area contributed by atoms with E-state index in [4.69, 9.17) is 0 Å². The van der Waals surface area contributed by atoms with Crippen LogP contribution in [-0.2, 0) is 4.79 Å². The van der Waals surface area contributed by atoms with Gasteiger partial charge in [-0.05, 0) is 70.5 Å². The molecule has 3 unspecified atom stereocenters. The van der Waals surface area contributed by atoms with E-state index in [2.05, 4.69) is 16.7 Å². The second-order valence-corrected chi connectivity index (χ2v) is 7.07. The van der Waals surface area contributed by atoms with Crippen molar-refractivity contribution in [2.75, 3.05) is 19.6 Å². The molecule has 0 radical (unpaired) electrons. The number of carboxylic acid groups (broad SMARTS) is 1. The number of likely N-dealkylation sites (tertiary alicyclic amines) is 2. The largest absolute Gasteiger partial charge is 0.480 e. The van der Waals surface area contributed by atoms with Gasteiger partial charge in [-0.25, -0.2) is 0 Å². The zero-order chi connectivity index (χ0) is 14.1. The highest BCUT2D eigenvalue weighted by atomic mass is 16.4. The molecule has 3 aliphatic rings. The van der Waals surface area contributed by atoms with Crippen LogP contribution >= 0.6 is 0 Å². The minimum absolute atomic E-state index is 0.210. The molecule has 4 nitrogen and oxygen atoms in total. The molecular formula is C16H28N2O2. The molecule has 0 bridgehead atoms. The number of carbonyl (C=O) groups is 1. The second-order valence-electron chi connectivity index (χ2n) is 7.07. The summed E-state index contributed by atoms with van der Waals surface area (Å²) in [6.45, 7) is 5.70. The first-order valence-electron chi connectivity index (χ1n) is 8.37. The van der Waals surface area contributed by atoms with E-state index < -0.39 is 5.97 Å². The normalized spacial score (nSPS) is 37.5. The Labute approximate surface area is 122 Å². The van der Waals surface area contributed by atoms with Gasteiger partial charge in [-0.1, -0.05) is 6.92 Å². The highest BCUT2D eigenvalue weighted by Gasteiger charge is 2.38. The van der Waals surface area contributed by atoms with Crippen LogP contribution in [0.5, 0.6) is 0 Å². The Morgan fingerprint density at radius 3 is 2.35 bits per heavy atom. The monoisotopic (exact) mass is 280 g/mol. The lowest BCUT2D eigenvalue weighted by atomic mass is 10.00. The van der Waals surface area contributed by atoms with Gasteiger partial charge in [0.05, 0.1) is 0 Å². The lowest BCUT2D eigenvalue weighted by Gasteiger charge is -2.40. The average Bonchev–Trinajstić information content (AvgIpc) is 3.07. The van der Waals surface area contributed by atoms with Crippen molar-refractivity contribution in [2.45, 2.75) is 70.0 Å². The molecule has 1 aliphatic carbocycles. The molecule has 1 saturated carbocycles. The maximum absolute atomic E-state index is 11.3. The number of hydrogen-bond donors (Lipinski definition) is 1. The zero-order valence-electron chi connectivity index (χ0n) is 12.6. The van der Waals surface area contributed by atoms with Crippen LogP contribution < -0.4 is 0 Å². The SMILES string of the molecule is CC1CCC(N2CCC(N3CCCC3C(=O)O)CC2)C1. The van der Waals surface area contributed by atoms with Crippen LogP contribution in [0.1, 0.15) is 51.9 Å². The summed E-state index contributed by atoms with van der Waals surface area (Å²) in [5, 5.41) is 9.32. The van der Waals surface area contributed by atoms with Crippen molar-refractivity contribution in [2.24, 2.45) is 5.92 Å². The van der Waals surface area contributed by atoms with E-state index in [1.807, 2.05) is 0 Å². The lowest BCUT2D eigenvalue weighted by Crippen LogP contribution is -2.50. The summed E-state index contributed by atoms with van der Waals surface area (Å²) in [6.07, 6.45) is 8.34. The summed E-state index contributed by atoms with van der Waals surface area (Å²) in [4.78, 5) is 16.3. The lowest BCUT2D eigenvalue weighted by molar-refractivity contribution is -0.143. The molecule has 0 aromatic heterocycles. The molecule has 2 heterocycles. The van der Waals surface area contributed by atoms with Crippen molar-refractivity contribution < 1.29 is 9.90 Å². The number of carboxylic acids is 1. The fraction of sp³-hybridized carbons (Fsp3) is 0.938. The Morgan fingerprint density at radius 1 is 1.00 bits per heavy atom. The molecule has 3 rings (SSSR count). The molecule has 3 atom stereocenters. The van der Waals surface area contributed by atoms with Crippen molar-refractivity contribution in [1.29, 1.82) is 0 Å². The fourth-order valence-corrected chi connectivity index (χ4v) is 4.58. The summed E-state index contributed by atoms with van der Waals surface area (Å²) < 4.78 is 0. The molecule has 2 aliphatic heterocycles. The van der Waals surface area contributed by atoms with Crippen molar-refractivity contribution in [3.8, 4) is 0 Å². The van der Waals surface area contributed by atoms with Gasteiger partial charge in [0, 0.05) is 12.1 Å². The number of nitrogens with zero attached hydrogens (tertiary/aromatic N) is 2. The third kappa shape index (κ3) is 2.86. The van der Waals surface area contributed by atoms with Crippen molar-refractivity contribution >= 4 is 5.97 Å². The topological polar surface area (TPSA) is 43.8 Å². The van der Waals surface area contributed by atoms with E-state index in [0.29, 0.717) is 6.04 Å². The third-order valence-electron chi connectivity index (χ3n) is 5.73. The van der Waals surface area contributed by atoms with Gasteiger partial charge < -0.3 is 10.0 Å². The van der Waals surface area contributed by atoms with Crippen LogP contribution in [-0.4, -0.2) is 58.6 Å². The van der Waals surface area contributed by atoms with Crippen LogP contribution in [0.25, 0.3) is 0 Å². The van der Waals surface area contributed by atoms with Crippen molar-refractivity contribution in [3.05, 3.63) is 0 Å². The van der Waals surface area contributed by atoms with E-state index in [-0.39, 0.29) is 6.04 Å². The molecule has 4 heteroatoms. The Morgan fingerprint density at radius 2 is 1.75 bits per heavy atom. The summed E-state index contributed by atoms with van der Waals surface area (Å²) >= 11 is 0. The molecule has 2 saturated heterocycles. The van der Waals surface area contributed by atoms with Crippen molar-refractivity contribution in [1.82, 2.24) is 9.80 Å². The van der Waals surface area contributed by atoms with Gasteiger partial charge in [-0.15, -0.1) is 0 Å². The molecule has 1 N–H and O–H groups in total. The van der Waals surface area contributed by atoms with Gasteiger partial charge in [-0.3, -0.25) is 9.69 Å². The highest BCUT2D eigenvalue weighted by molar-refractivity contribution is 5.73. The van der Waals surface area contributed by atoms with E-state index in [9.17, 15) is 9.90 Å². The summed E-state index contributed by atoms with van der Waals surface area (Å²) in [7, 11) is 0. The molecule has 3 fully saturated rings. The smallest absolute Gasteiger partial charge is 0.320 e. The Kier molecular flexibility index (Phi) is 4.32. The quantitative estimate of drug-likeness (QED) is 0.860. The van der Waals surface area contributed by atoms with E-state index in [0.717, 1.165) is 44.2 Å². The molecule has 0 spiro atoms. The molecule has 0 aromatic carbocycles. The van der Waals surface area contributed by atoms with Gasteiger partial charge in [0.2, 0.25) is 0 Å². The second kappa shape index (κ2) is 6.02. The zero-order valence-corrected chi connectivity index (χ0v) is 12.6. The van der Waals surface area contributed by atoms with E-state index >= 15 is 0 Å². The first kappa shape index (κ1) is 14.3. The summed E-state index contributed by atoms with van der Waals surface area (Å²) in [5.41, 5.74) is 0. The van der Waals surface area contributed by atoms with Crippen LogP contribution in [0.4, 0.5) is 0 Å². The van der Waals surface area contributed by atoms with E-state index in [1.54, 1.807) is 0 Å². The summed E-state index contributed by atoms with van der Waals surface area (Å²) in [5.74, 6) is 0.280. The maximum atomic E-state index is 11.3. The van der Waals surface area contributed by atoms with Crippen LogP contribution in [0, 0.1) is 5.92 Å². The van der Waals surface area contributed by atoms with Crippen LogP contribution in [0.15, 0.2) is 0 Å². The number of rotatable bonds is 3. The number of piperidine rings is 1. The van der Waals surface area contributed by atoms with Crippen LogP contribution in [0.3, 0.4) is 0 Å². The standard InChI is InChI=1S/C16H28N2O2/c1-12-4-5-14(11-12)17-9-6-13(7-10-17)18-8-2-3-15(18)16(19)20/h12-15H,2-11H2,1H3,(H,19,20). The fourth-order valence-electron chi connectivity index (χ4n) is 4.58. The minimum Gasteiger partial charge on any atom is -0.480 e. The first-order valence-corrected chi connectivity index (χ1v) is 8.37. The van der Waals surface area contributed by atoms with Gasteiger partial charge in [0.1, 0.15) is 6.04 Å². The van der Waals surface area contributed by atoms with Gasteiger partial charge in [0.15, 0.2) is 0 Å². The number of aliphatic carboxylic acids is 1. The predicted molar refractivity (Wildman–Crippen MR) is 78.8 cm³/mol. The Balaban J connectivity index is 1.52. The van der Waals surface area contributed by atoms with E-state index in [1.165, 1.54) is 32.4 Å². The summed E-state index contributed by atoms with van der Waals surface area (Å²) in [6, 6.07) is 1.10. The molecule has 0 aromatic rings.